The molecule has 9 atom stereocenters. The molecule has 4 aliphatic rings. The molecule has 10 heteroatoms. The van der Waals surface area contributed by atoms with Gasteiger partial charge < -0.3 is 14.3 Å². The number of aliphatic hydroxyl groups excluding tert-OH is 1. The molecule has 2 unspecified atom stereocenters. The number of carbonyl (C=O) groups excluding carboxylic acids is 3. The second kappa shape index (κ2) is 8.78. The van der Waals surface area contributed by atoms with E-state index in [0.29, 0.717) is 0 Å². The van der Waals surface area contributed by atoms with Gasteiger partial charge in [0.15, 0.2) is 17.1 Å². The number of furan rings is 1. The molecule has 1 aromatic heterocycles. The van der Waals surface area contributed by atoms with Gasteiger partial charge >= 0.3 is 5.97 Å². The first kappa shape index (κ1) is 26.6. The summed E-state index contributed by atoms with van der Waals surface area (Å²) in [4.78, 5) is 38.9. The highest BCUT2D eigenvalue weighted by molar-refractivity contribution is 8.14. The number of esters is 1. The highest BCUT2D eigenvalue weighted by atomic mass is 35.5. The fourth-order valence-corrected chi connectivity index (χ4v) is 9.05. The van der Waals surface area contributed by atoms with E-state index in [0.717, 1.165) is 17.8 Å². The molecule has 0 amide bonds. The van der Waals surface area contributed by atoms with Gasteiger partial charge in [0, 0.05) is 22.7 Å². The van der Waals surface area contributed by atoms with Gasteiger partial charge in [-0.25, -0.2) is 13.6 Å². The van der Waals surface area contributed by atoms with Crippen molar-refractivity contribution in [2.75, 3.05) is 5.21 Å². The number of rotatable bonds is 4. The lowest BCUT2D eigenvalue weighted by Crippen LogP contribution is -2.70. The van der Waals surface area contributed by atoms with Crippen molar-refractivity contribution in [1.29, 1.82) is 0 Å². The molecule has 0 aliphatic heterocycles. The van der Waals surface area contributed by atoms with Gasteiger partial charge in [0.05, 0.1) is 17.6 Å². The Hall–Kier alpha value is -1.97. The first-order chi connectivity index (χ1) is 17.4. The zero-order valence-corrected chi connectivity index (χ0v) is 22.3. The van der Waals surface area contributed by atoms with Gasteiger partial charge in [-0.15, -0.1) is 11.6 Å². The normalized spacial score (nSPS) is 44.5. The summed E-state index contributed by atoms with van der Waals surface area (Å²) in [5, 5.41) is 10.9. The molecule has 1 N–H and O–H groups in total. The molecule has 0 bridgehead atoms. The quantitative estimate of drug-likeness (QED) is 0.404. The molecule has 0 saturated heterocycles. The second-order valence-electron chi connectivity index (χ2n) is 11.1. The van der Waals surface area contributed by atoms with Crippen molar-refractivity contribution in [3.8, 4) is 0 Å². The average molecular weight is 555 g/mol. The number of carbonyl (C=O) groups is 3. The van der Waals surface area contributed by atoms with Gasteiger partial charge in [-0.1, -0.05) is 31.7 Å². The summed E-state index contributed by atoms with van der Waals surface area (Å²) in [6.45, 7) is 4.98. The van der Waals surface area contributed by atoms with E-state index in [4.69, 9.17) is 20.8 Å². The van der Waals surface area contributed by atoms with Crippen LogP contribution in [-0.4, -0.2) is 50.7 Å². The number of aliphatic hydroxyl groups is 1. The third-order valence-corrected chi connectivity index (χ3v) is 10.6. The zero-order chi connectivity index (χ0) is 27.0. The predicted molar refractivity (Wildman–Crippen MR) is 133 cm³/mol. The van der Waals surface area contributed by atoms with Gasteiger partial charge in [-0.3, -0.25) is 9.59 Å². The standard InChI is InChI=1S/C27H29ClF2O6S/c1-14-9-16-17-11-19(29)18-10-15(31)6-7-24(18,2)26(17,30)21(32)12-25(16,3)27(14,23(34)37-13-28)36-22(33)20-5-4-8-35-20/h4-8,10,14,16-17,19,21,32H,9,11-13H2,1-3H3/t14-,16?,17?,19+,21+,24+,25+,26+,27+/m1/s1. The maximum atomic E-state index is 17.4. The number of fused-ring (bicyclic) bond motifs is 5. The second-order valence-corrected chi connectivity index (χ2v) is 12.7. The van der Waals surface area contributed by atoms with Crippen LogP contribution < -0.4 is 0 Å². The third-order valence-electron chi connectivity index (χ3n) is 9.63. The van der Waals surface area contributed by atoms with Gasteiger partial charge in [0.2, 0.25) is 10.9 Å². The summed E-state index contributed by atoms with van der Waals surface area (Å²) in [5.41, 5.74) is -6.80. The molecule has 3 saturated carbocycles. The Morgan fingerprint density at radius 3 is 2.68 bits per heavy atom. The molecule has 1 aromatic rings. The van der Waals surface area contributed by atoms with Gasteiger partial charge in [-0.05, 0) is 62.0 Å². The van der Waals surface area contributed by atoms with Crippen molar-refractivity contribution in [2.24, 2.45) is 28.6 Å². The van der Waals surface area contributed by atoms with E-state index in [2.05, 4.69) is 0 Å². The van der Waals surface area contributed by atoms with Crippen LogP contribution in [0, 0.1) is 28.6 Å². The number of ketones is 1. The van der Waals surface area contributed by atoms with Crippen LogP contribution in [0.1, 0.15) is 50.6 Å². The van der Waals surface area contributed by atoms with Crippen molar-refractivity contribution < 1.29 is 37.4 Å². The summed E-state index contributed by atoms with van der Waals surface area (Å²) in [6.07, 6.45) is 1.59. The highest BCUT2D eigenvalue weighted by Gasteiger charge is 2.78. The summed E-state index contributed by atoms with van der Waals surface area (Å²) < 4.78 is 44.3. The lowest BCUT2D eigenvalue weighted by molar-refractivity contribution is -0.221. The SMILES string of the molecule is C[C@@H]1CC2C3C[C@H](F)C4=CC(=O)C=C[C@]4(C)[C@@]3(F)[C@@H](O)C[C@]2(C)[C@@]1(OC(=O)c1ccco1)C(=O)SCCl. The summed E-state index contributed by atoms with van der Waals surface area (Å²) in [6, 6.07) is 2.93. The minimum absolute atomic E-state index is 0.0248. The van der Waals surface area contributed by atoms with Crippen molar-refractivity contribution in [3.05, 3.63) is 48.0 Å². The van der Waals surface area contributed by atoms with Crippen molar-refractivity contribution in [1.82, 2.24) is 0 Å². The van der Waals surface area contributed by atoms with Crippen LogP contribution >= 0.6 is 23.4 Å². The average Bonchev–Trinajstić information content (AvgIpc) is 3.45. The summed E-state index contributed by atoms with van der Waals surface area (Å²) in [5.74, 6) is -3.56. The lowest BCUT2D eigenvalue weighted by Gasteiger charge is -2.63. The molecular formula is C27H29ClF2O6S. The Labute approximate surface area is 222 Å². The Morgan fingerprint density at radius 2 is 2.03 bits per heavy atom. The smallest absolute Gasteiger partial charge is 0.375 e. The van der Waals surface area contributed by atoms with Gasteiger partial charge in [0.1, 0.15) is 6.17 Å². The largest absolute Gasteiger partial charge is 0.457 e. The Morgan fingerprint density at radius 1 is 1.30 bits per heavy atom. The number of hydrogen-bond donors (Lipinski definition) is 1. The van der Waals surface area contributed by atoms with E-state index < -0.39 is 69.0 Å². The van der Waals surface area contributed by atoms with Crippen LogP contribution in [0.2, 0.25) is 0 Å². The number of thioether (sulfide) groups is 1. The lowest BCUT2D eigenvalue weighted by atomic mass is 9.44. The Bertz CT molecular complexity index is 1200. The van der Waals surface area contributed by atoms with Gasteiger partial charge in [-0.2, -0.15) is 0 Å². The predicted octanol–water partition coefficient (Wildman–Crippen LogP) is 5.20. The molecule has 3 fully saturated rings. The number of hydrogen-bond acceptors (Lipinski definition) is 7. The first-order valence-corrected chi connectivity index (χ1v) is 13.8. The summed E-state index contributed by atoms with van der Waals surface area (Å²) >= 11 is 6.70. The van der Waals surface area contributed by atoms with Crippen molar-refractivity contribution >= 4 is 40.2 Å². The number of allylic oxidation sites excluding steroid dienone is 4. The molecule has 37 heavy (non-hydrogen) atoms. The van der Waals surface area contributed by atoms with E-state index >= 15 is 8.78 Å². The van der Waals surface area contributed by atoms with Gasteiger partial charge in [0.25, 0.3) is 0 Å². The maximum absolute atomic E-state index is 17.4. The van der Waals surface area contributed by atoms with Crippen molar-refractivity contribution in [2.45, 2.75) is 63.6 Å². The molecule has 0 aromatic carbocycles. The molecule has 1 heterocycles. The highest BCUT2D eigenvalue weighted by Crippen LogP contribution is 2.72. The Balaban J connectivity index is 1.64. The minimum atomic E-state index is -2.30. The zero-order valence-electron chi connectivity index (χ0n) is 20.7. The minimum Gasteiger partial charge on any atom is -0.457 e. The van der Waals surface area contributed by atoms with Crippen LogP contribution in [0.5, 0.6) is 0 Å². The third kappa shape index (κ3) is 3.35. The van der Waals surface area contributed by atoms with Crippen LogP contribution in [0.15, 0.2) is 46.6 Å². The molecule has 6 nitrogen and oxygen atoms in total. The number of halogens is 3. The fourth-order valence-electron chi connectivity index (χ4n) is 7.97. The number of ether oxygens (including phenoxy) is 1. The van der Waals surface area contributed by atoms with E-state index in [-0.39, 0.29) is 35.8 Å². The Kier molecular flexibility index (Phi) is 6.32. The van der Waals surface area contributed by atoms with E-state index in [9.17, 15) is 19.5 Å². The van der Waals surface area contributed by atoms with Crippen LogP contribution in [0.3, 0.4) is 0 Å². The summed E-state index contributed by atoms with van der Waals surface area (Å²) in [7, 11) is 0. The number of alkyl halides is 3. The van der Waals surface area contributed by atoms with Crippen LogP contribution in [0.25, 0.3) is 0 Å². The monoisotopic (exact) mass is 554 g/mol. The molecule has 200 valence electrons. The maximum Gasteiger partial charge on any atom is 0.375 e. The van der Waals surface area contributed by atoms with Crippen LogP contribution in [-0.2, 0) is 14.3 Å². The van der Waals surface area contributed by atoms with E-state index in [1.807, 2.05) is 0 Å². The van der Waals surface area contributed by atoms with E-state index in [1.165, 1.54) is 37.5 Å². The van der Waals surface area contributed by atoms with E-state index in [1.54, 1.807) is 13.8 Å². The molecule has 5 rings (SSSR count). The molecule has 0 spiro atoms. The topological polar surface area (TPSA) is 93.8 Å². The molecular weight excluding hydrogens is 526 g/mol. The molecule has 4 aliphatic carbocycles. The first-order valence-electron chi connectivity index (χ1n) is 12.3. The van der Waals surface area contributed by atoms with Crippen LogP contribution in [0.4, 0.5) is 8.78 Å². The fraction of sp³-hybridized carbons (Fsp3) is 0.593. The molecule has 0 radical (unpaired) electrons. The van der Waals surface area contributed by atoms with Crippen molar-refractivity contribution in [3.63, 3.8) is 0 Å².